The van der Waals surface area contributed by atoms with Crippen molar-refractivity contribution in [3.8, 4) is 0 Å². The Morgan fingerprint density at radius 3 is 2.63 bits per heavy atom. The van der Waals surface area contributed by atoms with Crippen LogP contribution in [0.4, 0.5) is 0 Å². The summed E-state index contributed by atoms with van der Waals surface area (Å²) in [5.41, 5.74) is -0.759. The maximum absolute atomic E-state index is 11.5. The van der Waals surface area contributed by atoms with Crippen molar-refractivity contribution in [2.45, 2.75) is 70.5 Å². The Kier molecular flexibility index (Phi) is 4.51. The molecule has 1 saturated carbocycles. The standard InChI is InChI=1S/C15H28N2O2/c1-11(2)13-5-4-9-17(13)10-8-15(3,14(18)19)16-12-6-7-12/h11-13,16H,4-10H2,1-3H3,(H,18,19). The number of hydrogen-bond acceptors (Lipinski definition) is 3. The summed E-state index contributed by atoms with van der Waals surface area (Å²) in [4.78, 5) is 14.0. The lowest BCUT2D eigenvalue weighted by molar-refractivity contribution is -0.144. The lowest BCUT2D eigenvalue weighted by Crippen LogP contribution is -2.52. The molecule has 110 valence electrons. The van der Waals surface area contributed by atoms with Gasteiger partial charge in [0.05, 0.1) is 0 Å². The zero-order valence-corrected chi connectivity index (χ0v) is 12.5. The molecule has 0 aromatic rings. The number of aliphatic carboxylic acids is 1. The fraction of sp³-hybridized carbons (Fsp3) is 0.933. The molecule has 2 N–H and O–H groups in total. The molecule has 4 nitrogen and oxygen atoms in total. The predicted octanol–water partition coefficient (Wildman–Crippen LogP) is 2.09. The topological polar surface area (TPSA) is 52.6 Å². The second-order valence-electron chi connectivity index (χ2n) is 6.80. The fourth-order valence-corrected chi connectivity index (χ4v) is 3.17. The molecule has 2 unspecified atom stereocenters. The summed E-state index contributed by atoms with van der Waals surface area (Å²) in [6, 6.07) is 1.07. The molecule has 2 atom stereocenters. The number of carboxylic acids is 1. The van der Waals surface area contributed by atoms with Crippen LogP contribution >= 0.6 is 0 Å². The van der Waals surface area contributed by atoms with E-state index < -0.39 is 11.5 Å². The van der Waals surface area contributed by atoms with E-state index in [4.69, 9.17) is 0 Å². The average Bonchev–Trinajstić information content (AvgIpc) is 3.00. The van der Waals surface area contributed by atoms with Crippen LogP contribution < -0.4 is 5.32 Å². The zero-order chi connectivity index (χ0) is 14.0. The first kappa shape index (κ1) is 14.8. The Morgan fingerprint density at radius 1 is 1.42 bits per heavy atom. The average molecular weight is 268 g/mol. The van der Waals surface area contributed by atoms with Gasteiger partial charge in [-0.25, -0.2) is 0 Å². The maximum Gasteiger partial charge on any atom is 0.323 e. The van der Waals surface area contributed by atoms with E-state index in [1.165, 1.54) is 12.8 Å². The van der Waals surface area contributed by atoms with Crippen LogP contribution in [0.15, 0.2) is 0 Å². The van der Waals surface area contributed by atoms with Gasteiger partial charge < -0.3 is 10.0 Å². The van der Waals surface area contributed by atoms with Crippen LogP contribution in [0.5, 0.6) is 0 Å². The molecule has 1 aliphatic heterocycles. The molecule has 0 aromatic carbocycles. The van der Waals surface area contributed by atoms with Crippen LogP contribution in [-0.4, -0.2) is 46.7 Å². The van der Waals surface area contributed by atoms with Crippen molar-refractivity contribution in [1.29, 1.82) is 0 Å². The number of hydrogen-bond donors (Lipinski definition) is 2. The molecule has 0 aromatic heterocycles. The Balaban J connectivity index is 1.89. The van der Waals surface area contributed by atoms with Crippen LogP contribution in [-0.2, 0) is 4.79 Å². The van der Waals surface area contributed by atoms with Crippen molar-refractivity contribution in [2.24, 2.45) is 5.92 Å². The van der Waals surface area contributed by atoms with E-state index in [0.29, 0.717) is 24.4 Å². The third-order valence-corrected chi connectivity index (χ3v) is 4.65. The number of carboxylic acid groups (broad SMARTS) is 1. The van der Waals surface area contributed by atoms with Gasteiger partial charge in [-0.15, -0.1) is 0 Å². The molecular weight excluding hydrogens is 240 g/mol. The number of nitrogens with one attached hydrogen (secondary N) is 1. The molecule has 2 aliphatic rings. The maximum atomic E-state index is 11.5. The molecule has 1 saturated heterocycles. The third kappa shape index (κ3) is 3.69. The van der Waals surface area contributed by atoms with Gasteiger partial charge in [-0.1, -0.05) is 13.8 Å². The van der Waals surface area contributed by atoms with E-state index in [1.807, 2.05) is 6.92 Å². The van der Waals surface area contributed by atoms with E-state index in [2.05, 4.69) is 24.1 Å². The highest BCUT2D eigenvalue weighted by atomic mass is 16.4. The minimum absolute atomic E-state index is 0.431. The minimum Gasteiger partial charge on any atom is -0.480 e. The number of likely N-dealkylation sites (tertiary alicyclic amines) is 1. The quantitative estimate of drug-likeness (QED) is 0.742. The second-order valence-corrected chi connectivity index (χ2v) is 6.80. The molecule has 0 bridgehead atoms. The van der Waals surface area contributed by atoms with E-state index >= 15 is 0 Å². The molecule has 0 spiro atoms. The number of rotatable bonds is 7. The van der Waals surface area contributed by atoms with Crippen LogP contribution in [0.3, 0.4) is 0 Å². The van der Waals surface area contributed by atoms with Gasteiger partial charge >= 0.3 is 5.97 Å². The van der Waals surface area contributed by atoms with E-state index in [0.717, 1.165) is 25.9 Å². The summed E-state index contributed by atoms with van der Waals surface area (Å²) >= 11 is 0. The number of nitrogens with zero attached hydrogens (tertiary/aromatic N) is 1. The molecule has 2 fully saturated rings. The third-order valence-electron chi connectivity index (χ3n) is 4.65. The lowest BCUT2D eigenvalue weighted by atomic mass is 9.96. The number of carbonyl (C=O) groups is 1. The molecule has 4 heteroatoms. The highest BCUT2D eigenvalue weighted by Gasteiger charge is 2.39. The van der Waals surface area contributed by atoms with Gasteiger partial charge in [0.2, 0.25) is 0 Å². The summed E-state index contributed by atoms with van der Waals surface area (Å²) in [6.45, 7) is 8.39. The minimum atomic E-state index is -0.759. The first-order valence-corrected chi connectivity index (χ1v) is 7.67. The monoisotopic (exact) mass is 268 g/mol. The van der Waals surface area contributed by atoms with Crippen molar-refractivity contribution >= 4 is 5.97 Å². The van der Waals surface area contributed by atoms with Gasteiger partial charge in [-0.05, 0) is 51.5 Å². The molecule has 1 heterocycles. The molecule has 0 radical (unpaired) electrons. The first-order valence-electron chi connectivity index (χ1n) is 7.67. The summed E-state index contributed by atoms with van der Waals surface area (Å²) in [7, 11) is 0. The summed E-state index contributed by atoms with van der Waals surface area (Å²) in [5.74, 6) is -0.0466. The van der Waals surface area contributed by atoms with Gasteiger partial charge in [0, 0.05) is 18.6 Å². The Morgan fingerprint density at radius 2 is 2.11 bits per heavy atom. The van der Waals surface area contributed by atoms with Crippen molar-refractivity contribution in [1.82, 2.24) is 10.2 Å². The summed E-state index contributed by atoms with van der Waals surface area (Å²) in [5, 5.41) is 12.8. The Labute approximate surface area is 116 Å². The van der Waals surface area contributed by atoms with Crippen molar-refractivity contribution in [3.63, 3.8) is 0 Å². The Bertz CT molecular complexity index is 328. The normalized spacial score (nSPS) is 27.7. The lowest BCUT2D eigenvalue weighted by Gasteiger charge is -2.32. The largest absolute Gasteiger partial charge is 0.480 e. The molecule has 2 rings (SSSR count). The SMILES string of the molecule is CC(C)C1CCCN1CCC(C)(NC1CC1)C(=O)O. The van der Waals surface area contributed by atoms with Crippen LogP contribution in [0, 0.1) is 5.92 Å². The molecule has 1 aliphatic carbocycles. The Hall–Kier alpha value is -0.610. The van der Waals surface area contributed by atoms with Crippen molar-refractivity contribution < 1.29 is 9.90 Å². The van der Waals surface area contributed by atoms with Crippen LogP contribution in [0.1, 0.15) is 52.9 Å². The first-order chi connectivity index (χ1) is 8.92. The van der Waals surface area contributed by atoms with Crippen LogP contribution in [0.2, 0.25) is 0 Å². The fourth-order valence-electron chi connectivity index (χ4n) is 3.17. The molecule has 19 heavy (non-hydrogen) atoms. The van der Waals surface area contributed by atoms with Crippen molar-refractivity contribution in [3.05, 3.63) is 0 Å². The predicted molar refractivity (Wildman–Crippen MR) is 76.2 cm³/mol. The zero-order valence-electron chi connectivity index (χ0n) is 12.5. The summed E-state index contributed by atoms with van der Waals surface area (Å²) in [6.07, 6.45) is 5.46. The second kappa shape index (κ2) is 5.80. The molecule has 0 amide bonds. The van der Waals surface area contributed by atoms with Gasteiger partial charge in [-0.3, -0.25) is 10.1 Å². The van der Waals surface area contributed by atoms with Crippen molar-refractivity contribution in [2.75, 3.05) is 13.1 Å². The van der Waals surface area contributed by atoms with Gasteiger partial charge in [0.25, 0.3) is 0 Å². The van der Waals surface area contributed by atoms with Crippen LogP contribution in [0.25, 0.3) is 0 Å². The van der Waals surface area contributed by atoms with E-state index in [-0.39, 0.29) is 0 Å². The summed E-state index contributed by atoms with van der Waals surface area (Å²) < 4.78 is 0. The highest BCUT2D eigenvalue weighted by molar-refractivity contribution is 5.78. The van der Waals surface area contributed by atoms with E-state index in [9.17, 15) is 9.90 Å². The van der Waals surface area contributed by atoms with E-state index in [1.54, 1.807) is 0 Å². The smallest absolute Gasteiger partial charge is 0.323 e. The van der Waals surface area contributed by atoms with Gasteiger partial charge in [0.1, 0.15) is 5.54 Å². The van der Waals surface area contributed by atoms with Gasteiger partial charge in [-0.2, -0.15) is 0 Å². The molecular formula is C15H28N2O2. The highest BCUT2D eigenvalue weighted by Crippen LogP contribution is 2.27. The van der Waals surface area contributed by atoms with Gasteiger partial charge in [0.15, 0.2) is 0 Å².